The van der Waals surface area contributed by atoms with Crippen LogP contribution in [0.4, 0.5) is 5.69 Å². The monoisotopic (exact) mass is 533 g/mol. The molecule has 40 heavy (non-hydrogen) atoms. The van der Waals surface area contributed by atoms with E-state index in [4.69, 9.17) is 13.9 Å². The van der Waals surface area contributed by atoms with Crippen molar-refractivity contribution in [2.24, 2.45) is 0 Å². The standard InChI is InChI=1S/C34H31NO5/c1-34(2)31(18-25-17-24-13-14-32(36)39-29(24)21-30(25)40-34)38-16-15-35-26-19-27(22-9-5-3-6-10-22)33(37)28(20-26)23-11-7-4-8-12-23/h3-14,17,19-21,31,35,37H,15-16,18H2,1-2H3/t31-/m0/s1. The van der Waals surface area contributed by atoms with Gasteiger partial charge < -0.3 is 24.3 Å². The summed E-state index contributed by atoms with van der Waals surface area (Å²) in [5, 5.41) is 15.5. The third kappa shape index (κ3) is 5.18. The molecular formula is C34H31NO5. The molecule has 0 aliphatic carbocycles. The van der Waals surface area contributed by atoms with Crippen LogP contribution < -0.4 is 15.7 Å². The first-order valence-electron chi connectivity index (χ1n) is 13.5. The van der Waals surface area contributed by atoms with Crippen molar-refractivity contribution in [2.75, 3.05) is 18.5 Å². The molecule has 0 saturated heterocycles. The smallest absolute Gasteiger partial charge is 0.336 e. The van der Waals surface area contributed by atoms with E-state index in [9.17, 15) is 9.90 Å². The van der Waals surface area contributed by atoms with Crippen LogP contribution in [-0.4, -0.2) is 30.0 Å². The third-order valence-electron chi connectivity index (χ3n) is 7.39. The lowest BCUT2D eigenvalue weighted by molar-refractivity contribution is -0.0807. The number of ether oxygens (including phenoxy) is 2. The summed E-state index contributed by atoms with van der Waals surface area (Å²) < 4.78 is 18.0. The van der Waals surface area contributed by atoms with Gasteiger partial charge in [-0.15, -0.1) is 0 Å². The molecule has 6 rings (SSSR count). The van der Waals surface area contributed by atoms with Crippen LogP contribution in [0.2, 0.25) is 0 Å². The molecule has 2 N–H and O–H groups in total. The van der Waals surface area contributed by atoms with E-state index in [1.807, 2.05) is 92.7 Å². The minimum Gasteiger partial charge on any atom is -0.507 e. The summed E-state index contributed by atoms with van der Waals surface area (Å²) in [4.78, 5) is 11.6. The summed E-state index contributed by atoms with van der Waals surface area (Å²) in [5.41, 5.74) is 4.94. The second-order valence-corrected chi connectivity index (χ2v) is 10.6. The van der Waals surface area contributed by atoms with Gasteiger partial charge in [-0.05, 0) is 54.8 Å². The van der Waals surface area contributed by atoms with Crippen LogP contribution in [0.3, 0.4) is 0 Å². The highest BCUT2D eigenvalue weighted by atomic mass is 16.6. The van der Waals surface area contributed by atoms with Crippen molar-refractivity contribution in [3.63, 3.8) is 0 Å². The molecule has 6 heteroatoms. The van der Waals surface area contributed by atoms with E-state index in [0.717, 1.165) is 44.6 Å². The predicted octanol–water partition coefficient (Wildman–Crippen LogP) is 7.04. The zero-order valence-electron chi connectivity index (χ0n) is 22.5. The number of benzene rings is 4. The van der Waals surface area contributed by atoms with Gasteiger partial charge in [-0.1, -0.05) is 60.7 Å². The summed E-state index contributed by atoms with van der Waals surface area (Å²) in [6.45, 7) is 5.07. The van der Waals surface area contributed by atoms with E-state index in [2.05, 4.69) is 5.32 Å². The predicted molar refractivity (Wildman–Crippen MR) is 158 cm³/mol. The highest BCUT2D eigenvalue weighted by molar-refractivity contribution is 5.86. The molecule has 1 aliphatic rings. The second kappa shape index (κ2) is 10.5. The molecule has 0 spiro atoms. The Balaban J connectivity index is 1.19. The van der Waals surface area contributed by atoms with Crippen molar-refractivity contribution >= 4 is 16.7 Å². The minimum atomic E-state index is -0.560. The fourth-order valence-electron chi connectivity index (χ4n) is 5.26. The first-order valence-corrected chi connectivity index (χ1v) is 13.5. The molecule has 6 nitrogen and oxygen atoms in total. The molecule has 0 fully saturated rings. The van der Waals surface area contributed by atoms with Crippen molar-refractivity contribution in [1.29, 1.82) is 0 Å². The molecule has 202 valence electrons. The number of rotatable bonds is 7. The third-order valence-corrected chi connectivity index (χ3v) is 7.39. The summed E-state index contributed by atoms with van der Waals surface area (Å²) in [6, 6.07) is 30.7. The lowest BCUT2D eigenvalue weighted by atomic mass is 9.90. The topological polar surface area (TPSA) is 80.9 Å². The number of hydrogen-bond acceptors (Lipinski definition) is 6. The van der Waals surface area contributed by atoms with E-state index < -0.39 is 5.60 Å². The van der Waals surface area contributed by atoms with Crippen LogP contribution >= 0.6 is 0 Å². The molecular weight excluding hydrogens is 502 g/mol. The number of anilines is 1. The van der Waals surface area contributed by atoms with Crippen LogP contribution in [0.25, 0.3) is 33.2 Å². The summed E-state index contributed by atoms with van der Waals surface area (Å²) in [5.74, 6) is 0.974. The van der Waals surface area contributed by atoms with Gasteiger partial charge in [0.2, 0.25) is 0 Å². The molecule has 0 amide bonds. The maximum absolute atomic E-state index is 11.6. The minimum absolute atomic E-state index is 0.158. The Morgan fingerprint density at radius 1 is 0.900 bits per heavy atom. The summed E-state index contributed by atoms with van der Waals surface area (Å²) in [7, 11) is 0. The lowest BCUT2D eigenvalue weighted by Crippen LogP contribution is -2.48. The lowest BCUT2D eigenvalue weighted by Gasteiger charge is -2.39. The van der Waals surface area contributed by atoms with Gasteiger partial charge in [-0.2, -0.15) is 0 Å². The Morgan fingerprint density at radius 3 is 2.20 bits per heavy atom. The Labute approximate surface area is 232 Å². The Morgan fingerprint density at radius 2 is 1.55 bits per heavy atom. The first kappa shape index (κ1) is 25.7. The van der Waals surface area contributed by atoms with E-state index in [-0.39, 0.29) is 17.5 Å². The van der Waals surface area contributed by atoms with Gasteiger partial charge >= 0.3 is 5.63 Å². The summed E-state index contributed by atoms with van der Waals surface area (Å²) in [6.07, 6.45) is 0.530. The second-order valence-electron chi connectivity index (χ2n) is 10.6. The van der Waals surface area contributed by atoms with E-state index in [1.165, 1.54) is 6.07 Å². The molecule has 1 aliphatic heterocycles. The fraction of sp³-hybridized carbons (Fsp3) is 0.206. The maximum Gasteiger partial charge on any atom is 0.336 e. The molecule has 0 bridgehead atoms. The Bertz CT molecular complexity index is 1650. The van der Waals surface area contributed by atoms with E-state index >= 15 is 0 Å². The van der Waals surface area contributed by atoms with E-state index in [1.54, 1.807) is 12.1 Å². The molecule has 4 aromatic carbocycles. The normalized spacial score (nSPS) is 15.8. The number of phenols is 1. The number of hydrogen-bond donors (Lipinski definition) is 2. The van der Waals surface area contributed by atoms with Gasteiger partial charge in [0, 0.05) is 47.3 Å². The molecule has 0 saturated carbocycles. The van der Waals surface area contributed by atoms with Crippen molar-refractivity contribution in [3.8, 4) is 33.8 Å². The van der Waals surface area contributed by atoms with Crippen LogP contribution in [0, 0.1) is 0 Å². The Kier molecular flexibility index (Phi) is 6.78. The number of aromatic hydroxyl groups is 1. The zero-order chi connectivity index (χ0) is 27.7. The fourth-order valence-corrected chi connectivity index (χ4v) is 5.26. The van der Waals surface area contributed by atoms with Gasteiger partial charge in [0.1, 0.15) is 28.8 Å². The molecule has 1 aromatic heterocycles. The molecule has 2 heterocycles. The highest BCUT2D eigenvalue weighted by Crippen LogP contribution is 2.41. The van der Waals surface area contributed by atoms with Gasteiger partial charge in [0.05, 0.1) is 6.61 Å². The maximum atomic E-state index is 11.6. The highest BCUT2D eigenvalue weighted by Gasteiger charge is 2.38. The van der Waals surface area contributed by atoms with Crippen molar-refractivity contribution in [1.82, 2.24) is 0 Å². The summed E-state index contributed by atoms with van der Waals surface area (Å²) >= 11 is 0. The SMILES string of the molecule is CC1(C)Oc2cc3oc(=O)ccc3cc2C[C@@H]1OCCNc1cc(-c2ccccc2)c(O)c(-c2ccccc2)c1. The Hall–Kier alpha value is -4.55. The van der Waals surface area contributed by atoms with Crippen molar-refractivity contribution in [2.45, 2.75) is 32.0 Å². The largest absolute Gasteiger partial charge is 0.507 e. The van der Waals surface area contributed by atoms with Gasteiger partial charge in [-0.25, -0.2) is 4.79 Å². The van der Waals surface area contributed by atoms with Crippen molar-refractivity contribution in [3.05, 3.63) is 113 Å². The quantitative estimate of drug-likeness (QED) is 0.133. The molecule has 5 aromatic rings. The van der Waals surface area contributed by atoms with Crippen LogP contribution in [0.15, 0.2) is 106 Å². The van der Waals surface area contributed by atoms with Crippen LogP contribution in [0.5, 0.6) is 11.5 Å². The average molecular weight is 534 g/mol. The van der Waals surface area contributed by atoms with Gasteiger partial charge in [-0.3, -0.25) is 0 Å². The molecule has 0 radical (unpaired) electrons. The van der Waals surface area contributed by atoms with Gasteiger partial charge in [0.25, 0.3) is 0 Å². The van der Waals surface area contributed by atoms with Crippen LogP contribution in [0.1, 0.15) is 19.4 Å². The zero-order valence-corrected chi connectivity index (χ0v) is 22.5. The van der Waals surface area contributed by atoms with Gasteiger partial charge in [0.15, 0.2) is 0 Å². The molecule has 0 unspecified atom stereocenters. The number of phenolic OH excluding ortho intramolecular Hbond substituents is 1. The average Bonchev–Trinajstić information content (AvgIpc) is 2.96. The first-order chi connectivity index (χ1) is 19.4. The number of nitrogens with one attached hydrogen (secondary N) is 1. The molecule has 1 atom stereocenters. The number of fused-ring (bicyclic) bond motifs is 2. The van der Waals surface area contributed by atoms with Crippen molar-refractivity contribution < 1.29 is 19.0 Å². The van der Waals surface area contributed by atoms with Crippen LogP contribution in [-0.2, 0) is 11.2 Å². The van der Waals surface area contributed by atoms with E-state index in [0.29, 0.717) is 25.2 Å².